The number of nitrogens with one attached hydrogen (secondary N) is 1. The van der Waals surface area contributed by atoms with E-state index in [1.807, 2.05) is 19.1 Å². The molecule has 10 heteroatoms. The molecule has 8 nitrogen and oxygen atoms in total. The van der Waals surface area contributed by atoms with Crippen molar-refractivity contribution in [1.29, 1.82) is 0 Å². The van der Waals surface area contributed by atoms with Crippen LogP contribution in [0.2, 0.25) is 0 Å². The van der Waals surface area contributed by atoms with Gasteiger partial charge in [-0.15, -0.1) is 0 Å². The lowest BCUT2D eigenvalue weighted by atomic mass is 10.1. The van der Waals surface area contributed by atoms with Gasteiger partial charge in [0.15, 0.2) is 5.82 Å². The molecule has 4 heterocycles. The van der Waals surface area contributed by atoms with Crippen LogP contribution in [-0.2, 0) is 10.7 Å². The molecule has 1 N–H and O–H groups in total. The van der Waals surface area contributed by atoms with Crippen LogP contribution in [0.15, 0.2) is 42.9 Å². The van der Waals surface area contributed by atoms with Crippen molar-refractivity contribution in [3.8, 4) is 17.1 Å². The number of aromatic nitrogens is 6. The number of nitrogens with zero attached hydrogens (tertiary/aromatic N) is 6. The number of carbonyl (C=O) groups excluding carboxylic acids is 1. The van der Waals surface area contributed by atoms with Crippen LogP contribution >= 0.6 is 0 Å². The standard InChI is InChI=1S/C20H17F2N7O/c1-11-4-5-13(9-24-11)18-14-10-25-16(26-12(2)30)8-15(14)29(28-18)17-6-7-23-19(27-17)20(3,21)22/h4-10H,1-3H3,(H,25,26,30). The fourth-order valence-electron chi connectivity index (χ4n) is 2.93. The molecule has 4 rings (SSSR count). The Morgan fingerprint density at radius 1 is 1.13 bits per heavy atom. The van der Waals surface area contributed by atoms with E-state index in [2.05, 4.69) is 30.4 Å². The molecule has 0 aromatic carbocycles. The van der Waals surface area contributed by atoms with Gasteiger partial charge in [0.1, 0.15) is 11.5 Å². The number of hydrogen-bond donors (Lipinski definition) is 1. The average Bonchev–Trinajstić information content (AvgIpc) is 3.06. The largest absolute Gasteiger partial charge is 0.311 e. The summed E-state index contributed by atoms with van der Waals surface area (Å²) < 4.78 is 28.9. The van der Waals surface area contributed by atoms with Crippen LogP contribution in [0, 0.1) is 6.92 Å². The Bertz CT molecular complexity index is 1250. The van der Waals surface area contributed by atoms with Gasteiger partial charge in [0.25, 0.3) is 0 Å². The fraction of sp³-hybridized carbons (Fsp3) is 0.200. The van der Waals surface area contributed by atoms with Crippen molar-refractivity contribution in [3.05, 3.63) is 54.4 Å². The summed E-state index contributed by atoms with van der Waals surface area (Å²) in [4.78, 5) is 27.6. The molecular weight excluding hydrogens is 392 g/mol. The lowest BCUT2D eigenvalue weighted by Gasteiger charge is -2.10. The van der Waals surface area contributed by atoms with Crippen LogP contribution in [0.3, 0.4) is 0 Å². The maximum absolute atomic E-state index is 13.8. The van der Waals surface area contributed by atoms with E-state index >= 15 is 0 Å². The van der Waals surface area contributed by atoms with Crippen LogP contribution < -0.4 is 5.32 Å². The average molecular weight is 409 g/mol. The summed E-state index contributed by atoms with van der Waals surface area (Å²) in [5.41, 5.74) is 2.67. The predicted molar refractivity (Wildman–Crippen MR) is 106 cm³/mol. The molecule has 0 aliphatic carbocycles. The Kier molecular flexibility index (Phi) is 4.69. The molecule has 0 spiro atoms. The molecule has 4 aromatic heterocycles. The molecule has 0 unspecified atom stereocenters. The van der Waals surface area contributed by atoms with Gasteiger partial charge in [-0.3, -0.25) is 9.78 Å². The normalized spacial score (nSPS) is 11.6. The van der Waals surface area contributed by atoms with Crippen molar-refractivity contribution >= 4 is 22.6 Å². The van der Waals surface area contributed by atoms with Crippen molar-refractivity contribution in [2.75, 3.05) is 5.32 Å². The van der Waals surface area contributed by atoms with Gasteiger partial charge in [0, 0.05) is 61.2 Å². The molecule has 30 heavy (non-hydrogen) atoms. The number of alkyl halides is 2. The van der Waals surface area contributed by atoms with Crippen LogP contribution in [0.25, 0.3) is 28.0 Å². The number of halogens is 2. The molecule has 0 atom stereocenters. The van der Waals surface area contributed by atoms with E-state index in [0.29, 0.717) is 22.4 Å². The van der Waals surface area contributed by atoms with E-state index in [1.54, 1.807) is 18.5 Å². The van der Waals surface area contributed by atoms with Gasteiger partial charge in [-0.05, 0) is 19.1 Å². The first-order chi connectivity index (χ1) is 14.2. The third-order valence-corrected chi connectivity index (χ3v) is 4.30. The zero-order valence-corrected chi connectivity index (χ0v) is 16.4. The molecule has 1 amide bonds. The van der Waals surface area contributed by atoms with Crippen LogP contribution in [-0.4, -0.2) is 35.6 Å². The summed E-state index contributed by atoms with van der Waals surface area (Å²) in [6.07, 6.45) is 4.50. The van der Waals surface area contributed by atoms with Gasteiger partial charge in [0.2, 0.25) is 11.7 Å². The Hall–Kier alpha value is -3.82. The second-order valence-electron chi connectivity index (χ2n) is 6.84. The summed E-state index contributed by atoms with van der Waals surface area (Å²) in [5, 5.41) is 7.85. The minimum atomic E-state index is -3.20. The first-order valence-corrected chi connectivity index (χ1v) is 9.03. The molecule has 152 valence electrons. The van der Waals surface area contributed by atoms with Crippen molar-refractivity contribution in [2.24, 2.45) is 0 Å². The van der Waals surface area contributed by atoms with Crippen molar-refractivity contribution in [1.82, 2.24) is 29.7 Å². The molecule has 0 bridgehead atoms. The molecule has 0 aliphatic heterocycles. The van der Waals surface area contributed by atoms with E-state index in [4.69, 9.17) is 0 Å². The number of amides is 1. The third kappa shape index (κ3) is 3.71. The summed E-state index contributed by atoms with van der Waals surface area (Å²) in [7, 11) is 0. The number of hydrogen-bond acceptors (Lipinski definition) is 6. The fourth-order valence-corrected chi connectivity index (χ4v) is 2.93. The third-order valence-electron chi connectivity index (χ3n) is 4.30. The molecule has 4 aromatic rings. The Morgan fingerprint density at radius 2 is 1.93 bits per heavy atom. The van der Waals surface area contributed by atoms with E-state index in [0.717, 1.165) is 18.2 Å². The SMILES string of the molecule is CC(=O)Nc1cc2c(cn1)c(-c1ccc(C)nc1)nn2-c1ccnc(C(C)(F)F)n1. The molecular formula is C20H17F2N7O. The van der Waals surface area contributed by atoms with E-state index in [1.165, 1.54) is 23.9 Å². The first-order valence-electron chi connectivity index (χ1n) is 9.03. The first kappa shape index (κ1) is 19.5. The number of fused-ring (bicyclic) bond motifs is 1. The second kappa shape index (κ2) is 7.21. The minimum absolute atomic E-state index is 0.165. The quantitative estimate of drug-likeness (QED) is 0.552. The summed E-state index contributed by atoms with van der Waals surface area (Å²) >= 11 is 0. The van der Waals surface area contributed by atoms with Gasteiger partial charge in [-0.1, -0.05) is 0 Å². The zero-order valence-electron chi connectivity index (χ0n) is 16.4. The van der Waals surface area contributed by atoms with Gasteiger partial charge in [-0.25, -0.2) is 19.6 Å². The van der Waals surface area contributed by atoms with Crippen LogP contribution in [0.4, 0.5) is 14.6 Å². The summed E-state index contributed by atoms with van der Waals surface area (Å²) in [6.45, 7) is 3.97. The highest BCUT2D eigenvalue weighted by atomic mass is 19.3. The van der Waals surface area contributed by atoms with Gasteiger partial charge < -0.3 is 5.32 Å². The number of pyridine rings is 2. The second-order valence-corrected chi connectivity index (χ2v) is 6.84. The zero-order chi connectivity index (χ0) is 21.5. The lowest BCUT2D eigenvalue weighted by Crippen LogP contribution is -2.14. The summed E-state index contributed by atoms with van der Waals surface area (Å²) in [6, 6.07) is 6.81. The molecule has 0 fully saturated rings. The summed E-state index contributed by atoms with van der Waals surface area (Å²) in [5.74, 6) is -3.63. The van der Waals surface area contributed by atoms with Gasteiger partial charge in [0.05, 0.1) is 5.52 Å². The monoisotopic (exact) mass is 409 g/mol. The highest BCUT2D eigenvalue weighted by Gasteiger charge is 2.29. The van der Waals surface area contributed by atoms with Crippen LogP contribution in [0.5, 0.6) is 0 Å². The van der Waals surface area contributed by atoms with E-state index < -0.39 is 11.7 Å². The number of anilines is 1. The van der Waals surface area contributed by atoms with Gasteiger partial charge in [-0.2, -0.15) is 13.9 Å². The molecule has 0 saturated carbocycles. The van der Waals surface area contributed by atoms with Crippen LogP contribution in [0.1, 0.15) is 25.4 Å². The van der Waals surface area contributed by atoms with Crippen molar-refractivity contribution in [3.63, 3.8) is 0 Å². The topological polar surface area (TPSA) is 98.5 Å². The maximum atomic E-state index is 13.8. The highest BCUT2D eigenvalue weighted by Crippen LogP contribution is 2.31. The lowest BCUT2D eigenvalue weighted by molar-refractivity contribution is -0.114. The number of carbonyl (C=O) groups is 1. The van der Waals surface area contributed by atoms with Gasteiger partial charge >= 0.3 is 5.92 Å². The smallest absolute Gasteiger partial charge is 0.303 e. The highest BCUT2D eigenvalue weighted by molar-refractivity contribution is 5.96. The molecule has 0 aliphatic rings. The Balaban J connectivity index is 1.95. The van der Waals surface area contributed by atoms with E-state index in [9.17, 15) is 13.6 Å². The Labute approximate surface area is 170 Å². The van der Waals surface area contributed by atoms with Crippen molar-refractivity contribution < 1.29 is 13.6 Å². The maximum Gasteiger partial charge on any atom is 0.303 e. The Morgan fingerprint density at radius 3 is 2.60 bits per heavy atom. The predicted octanol–water partition coefficient (Wildman–Crippen LogP) is 3.65. The molecule has 0 saturated heterocycles. The minimum Gasteiger partial charge on any atom is -0.311 e. The van der Waals surface area contributed by atoms with E-state index in [-0.39, 0.29) is 11.7 Å². The van der Waals surface area contributed by atoms with Crippen molar-refractivity contribution in [2.45, 2.75) is 26.7 Å². The number of aryl methyl sites for hydroxylation is 1. The number of rotatable bonds is 4. The molecule has 0 radical (unpaired) electrons.